The number of hydrogen-bond acceptors (Lipinski definition) is 0. The Morgan fingerprint density at radius 1 is 0.739 bits per heavy atom. The van der Waals surface area contributed by atoms with Crippen LogP contribution in [-0.2, 0) is 16.6 Å². The molecule has 1 fully saturated rings. The van der Waals surface area contributed by atoms with Gasteiger partial charge in [-0.3, -0.25) is 0 Å². The molecular formula is C22H22Ti. The van der Waals surface area contributed by atoms with E-state index in [4.69, 9.17) is 0 Å². The van der Waals surface area contributed by atoms with Crippen LogP contribution in [0, 0.1) is 13.8 Å². The third-order valence-electron chi connectivity index (χ3n) is 6.16. The van der Waals surface area contributed by atoms with Crippen molar-refractivity contribution in [2.75, 3.05) is 0 Å². The first kappa shape index (κ1) is 14.0. The van der Waals surface area contributed by atoms with Gasteiger partial charge in [-0.1, -0.05) is 0 Å². The minimum absolute atomic E-state index is 0.771. The molecule has 0 aromatic heterocycles. The first-order chi connectivity index (χ1) is 11.2. The van der Waals surface area contributed by atoms with Gasteiger partial charge >= 0.3 is 142 Å². The minimum atomic E-state index is -1.90. The van der Waals surface area contributed by atoms with E-state index in [2.05, 4.69) is 74.5 Å². The molecule has 5 rings (SSSR count). The average molecular weight is 334 g/mol. The van der Waals surface area contributed by atoms with Gasteiger partial charge in [-0.2, -0.15) is 0 Å². The summed E-state index contributed by atoms with van der Waals surface area (Å²) in [4.78, 5) is 0. The van der Waals surface area contributed by atoms with Crippen LogP contribution in [0.1, 0.15) is 41.8 Å². The van der Waals surface area contributed by atoms with E-state index in [0.717, 1.165) is 8.45 Å². The van der Waals surface area contributed by atoms with Crippen LogP contribution in [0.5, 0.6) is 0 Å². The van der Waals surface area contributed by atoms with E-state index in [0.29, 0.717) is 0 Å². The van der Waals surface area contributed by atoms with Crippen molar-refractivity contribution in [1.82, 2.24) is 0 Å². The molecule has 23 heavy (non-hydrogen) atoms. The van der Waals surface area contributed by atoms with Crippen LogP contribution in [0.2, 0.25) is 9.45 Å². The predicted molar refractivity (Wildman–Crippen MR) is 95.5 cm³/mol. The van der Waals surface area contributed by atoms with Gasteiger partial charge in [0.05, 0.1) is 0 Å². The fraction of sp³-hybridized carbons (Fsp3) is 0.273. The summed E-state index contributed by atoms with van der Waals surface area (Å²) >= 11 is -1.90. The van der Waals surface area contributed by atoms with Gasteiger partial charge in [0.15, 0.2) is 0 Å². The van der Waals surface area contributed by atoms with Gasteiger partial charge in [-0.15, -0.1) is 0 Å². The molecule has 1 heterocycles. The molecule has 1 heteroatoms. The molecule has 0 spiro atoms. The maximum atomic E-state index is 2.55. The molecule has 2 unspecified atom stereocenters. The monoisotopic (exact) mass is 334 g/mol. The standard InChI is InChI=1S/2C10H9.C2H4.Ti/c2*1-8-5-6-9-3-2-4-10(9)7-8;1-2;/h2*2-7H,1H3;1-2H2;. The Labute approximate surface area is 142 Å². The molecule has 0 nitrogen and oxygen atoms in total. The Balaban J connectivity index is 1.57. The topological polar surface area (TPSA) is 0 Å². The van der Waals surface area contributed by atoms with E-state index in [9.17, 15) is 0 Å². The van der Waals surface area contributed by atoms with Crippen molar-refractivity contribution in [3.05, 3.63) is 81.9 Å². The second-order valence-corrected chi connectivity index (χ2v) is 15.0. The number of aryl methyl sites for hydroxylation is 2. The summed E-state index contributed by atoms with van der Waals surface area (Å²) in [5.74, 6) is 0. The van der Waals surface area contributed by atoms with Gasteiger partial charge in [0, 0.05) is 0 Å². The number of allylic oxidation sites excluding steroid dienone is 2. The van der Waals surface area contributed by atoms with E-state index in [1.807, 2.05) is 0 Å². The quantitative estimate of drug-likeness (QED) is 0.578. The van der Waals surface area contributed by atoms with Crippen LogP contribution in [-0.4, -0.2) is 0 Å². The van der Waals surface area contributed by atoms with Crippen LogP contribution < -0.4 is 0 Å². The van der Waals surface area contributed by atoms with Crippen LogP contribution in [0.15, 0.2) is 48.6 Å². The molecule has 2 atom stereocenters. The van der Waals surface area contributed by atoms with Crippen LogP contribution >= 0.6 is 0 Å². The van der Waals surface area contributed by atoms with Crippen LogP contribution in [0.4, 0.5) is 0 Å². The fourth-order valence-corrected chi connectivity index (χ4v) is 13.9. The van der Waals surface area contributed by atoms with Crippen molar-refractivity contribution in [2.45, 2.75) is 31.7 Å². The van der Waals surface area contributed by atoms with Crippen molar-refractivity contribution in [1.29, 1.82) is 0 Å². The van der Waals surface area contributed by atoms with Gasteiger partial charge in [0.25, 0.3) is 0 Å². The van der Waals surface area contributed by atoms with E-state index < -0.39 is 16.6 Å². The summed E-state index contributed by atoms with van der Waals surface area (Å²) in [6.07, 6.45) is 9.90. The molecule has 0 amide bonds. The number of hydrogen-bond donors (Lipinski definition) is 0. The third-order valence-corrected chi connectivity index (χ3v) is 14.2. The molecule has 2 aliphatic carbocycles. The van der Waals surface area contributed by atoms with E-state index in [1.54, 1.807) is 11.1 Å². The first-order valence-electron chi connectivity index (χ1n) is 8.75. The summed E-state index contributed by atoms with van der Waals surface area (Å²) in [6, 6.07) is 14.2. The Morgan fingerprint density at radius 3 is 1.65 bits per heavy atom. The van der Waals surface area contributed by atoms with Gasteiger partial charge in [-0.25, -0.2) is 0 Å². The summed E-state index contributed by atoms with van der Waals surface area (Å²) in [5, 5.41) is 0. The van der Waals surface area contributed by atoms with Crippen molar-refractivity contribution in [2.24, 2.45) is 0 Å². The van der Waals surface area contributed by atoms with Crippen LogP contribution in [0.3, 0.4) is 0 Å². The molecule has 3 aliphatic rings. The molecule has 114 valence electrons. The Morgan fingerprint density at radius 2 is 1.22 bits per heavy atom. The molecular weight excluding hydrogens is 312 g/mol. The van der Waals surface area contributed by atoms with E-state index in [1.165, 1.54) is 31.7 Å². The summed E-state index contributed by atoms with van der Waals surface area (Å²) in [7, 11) is 0. The van der Waals surface area contributed by atoms with Gasteiger partial charge in [0.2, 0.25) is 0 Å². The zero-order valence-corrected chi connectivity index (χ0v) is 15.4. The summed E-state index contributed by atoms with van der Waals surface area (Å²) in [6.45, 7) is 4.40. The zero-order chi connectivity index (χ0) is 15.6. The SMILES string of the molecule is Cc1ccc2c(c1)C=C[CH]2[Ti]1([CH]2C=Cc3cc(C)ccc32)[CH2][CH2]1. The van der Waals surface area contributed by atoms with E-state index >= 15 is 0 Å². The van der Waals surface area contributed by atoms with Gasteiger partial charge in [-0.05, 0) is 0 Å². The maximum absolute atomic E-state index is 2.55. The van der Waals surface area contributed by atoms with Gasteiger partial charge in [0.1, 0.15) is 0 Å². The predicted octanol–water partition coefficient (Wildman–Crippen LogP) is 6.14. The van der Waals surface area contributed by atoms with E-state index in [-0.39, 0.29) is 0 Å². The van der Waals surface area contributed by atoms with Crippen molar-refractivity contribution < 1.29 is 16.6 Å². The molecule has 1 saturated heterocycles. The molecule has 0 saturated carbocycles. The van der Waals surface area contributed by atoms with Crippen molar-refractivity contribution in [3.8, 4) is 0 Å². The number of fused-ring (bicyclic) bond motifs is 2. The fourth-order valence-electron chi connectivity index (χ4n) is 4.81. The normalized spacial score (nSPS) is 25.5. The zero-order valence-electron chi connectivity index (χ0n) is 13.8. The molecule has 0 N–H and O–H groups in total. The summed E-state index contributed by atoms with van der Waals surface area (Å²) < 4.78 is 4.61. The number of rotatable bonds is 2. The van der Waals surface area contributed by atoms with Crippen molar-refractivity contribution in [3.63, 3.8) is 0 Å². The average Bonchev–Trinajstić information content (AvgIpc) is 3.04. The summed E-state index contributed by atoms with van der Waals surface area (Å²) in [5.41, 5.74) is 8.99. The second kappa shape index (κ2) is 4.82. The molecule has 1 aliphatic heterocycles. The Bertz CT molecular complexity index is 798. The third kappa shape index (κ3) is 2.01. The molecule has 2 aromatic carbocycles. The Hall–Kier alpha value is -1.37. The second-order valence-electron chi connectivity index (χ2n) is 7.67. The molecule has 0 radical (unpaired) electrons. The first-order valence-corrected chi connectivity index (χ1v) is 12.8. The molecule has 2 aromatic rings. The van der Waals surface area contributed by atoms with Crippen LogP contribution in [0.25, 0.3) is 12.2 Å². The van der Waals surface area contributed by atoms with Crippen molar-refractivity contribution >= 4 is 12.2 Å². The Kier molecular flexibility index (Phi) is 2.94. The molecule has 0 bridgehead atoms. The number of benzene rings is 2. The van der Waals surface area contributed by atoms with Gasteiger partial charge < -0.3 is 0 Å².